The van der Waals surface area contributed by atoms with Crippen LogP contribution in [0, 0.1) is 0 Å². The summed E-state index contributed by atoms with van der Waals surface area (Å²) in [4.78, 5) is 30.6. The van der Waals surface area contributed by atoms with E-state index in [0.29, 0.717) is 12.2 Å². The summed E-state index contributed by atoms with van der Waals surface area (Å²) in [5, 5.41) is 2.71. The van der Waals surface area contributed by atoms with Crippen LogP contribution in [0.25, 0.3) is 10.6 Å². The van der Waals surface area contributed by atoms with Crippen molar-refractivity contribution in [1.82, 2.24) is 4.98 Å². The number of para-hydroxylation sites is 1. The van der Waals surface area contributed by atoms with Crippen molar-refractivity contribution in [3.63, 3.8) is 0 Å². The number of benzene rings is 2. The molecule has 1 aliphatic rings. The first-order valence-electron chi connectivity index (χ1n) is 8.74. The third-order valence-electron chi connectivity index (χ3n) is 4.44. The molecule has 0 atom stereocenters. The highest BCUT2D eigenvalue weighted by molar-refractivity contribution is 7.13. The van der Waals surface area contributed by atoms with E-state index in [1.807, 2.05) is 60.0 Å². The molecule has 0 saturated heterocycles. The van der Waals surface area contributed by atoms with E-state index in [4.69, 9.17) is 4.74 Å². The van der Waals surface area contributed by atoms with Crippen LogP contribution in [0.15, 0.2) is 60.0 Å². The molecule has 136 valence electrons. The van der Waals surface area contributed by atoms with Crippen LogP contribution in [-0.4, -0.2) is 30.0 Å². The molecule has 1 amide bonds. The number of esters is 1. The predicted molar refractivity (Wildman–Crippen MR) is 105 cm³/mol. The van der Waals surface area contributed by atoms with Gasteiger partial charge in [-0.15, -0.1) is 11.3 Å². The van der Waals surface area contributed by atoms with Crippen molar-refractivity contribution in [2.75, 3.05) is 18.1 Å². The van der Waals surface area contributed by atoms with Gasteiger partial charge >= 0.3 is 5.97 Å². The van der Waals surface area contributed by atoms with Gasteiger partial charge in [-0.3, -0.25) is 9.59 Å². The Morgan fingerprint density at radius 3 is 2.70 bits per heavy atom. The molecule has 27 heavy (non-hydrogen) atoms. The molecule has 1 aliphatic heterocycles. The topological polar surface area (TPSA) is 59.5 Å². The molecule has 0 aliphatic carbocycles. The van der Waals surface area contributed by atoms with Crippen molar-refractivity contribution in [2.24, 2.45) is 0 Å². The molecule has 0 radical (unpaired) electrons. The third kappa shape index (κ3) is 3.90. The number of ether oxygens (including phenoxy) is 1. The first-order chi connectivity index (χ1) is 13.2. The van der Waals surface area contributed by atoms with Crippen molar-refractivity contribution in [3.8, 4) is 10.6 Å². The number of carbonyl (C=O) groups excluding carboxylic acids is 2. The molecule has 0 saturated carbocycles. The number of hydrogen-bond acceptors (Lipinski definition) is 5. The van der Waals surface area contributed by atoms with E-state index in [1.165, 1.54) is 11.3 Å². The van der Waals surface area contributed by atoms with Gasteiger partial charge in [0.25, 0.3) is 5.91 Å². The highest BCUT2D eigenvalue weighted by Crippen LogP contribution is 2.27. The summed E-state index contributed by atoms with van der Waals surface area (Å²) in [6, 6.07) is 17.6. The Hall–Kier alpha value is -2.99. The third-order valence-corrected chi connectivity index (χ3v) is 5.38. The fourth-order valence-corrected chi connectivity index (χ4v) is 3.94. The Labute approximate surface area is 161 Å². The van der Waals surface area contributed by atoms with Crippen LogP contribution >= 0.6 is 11.3 Å². The van der Waals surface area contributed by atoms with E-state index in [1.54, 1.807) is 4.90 Å². The standard InChI is InChI=1S/C21H18N2O3S/c24-19(23-11-10-15-6-4-5-9-18(15)23)13-26-20(25)12-17-14-27-21(22-17)16-7-2-1-3-8-16/h1-9,14H,10-13H2. The van der Waals surface area contributed by atoms with Gasteiger partial charge in [-0.2, -0.15) is 0 Å². The maximum Gasteiger partial charge on any atom is 0.312 e. The smallest absolute Gasteiger partial charge is 0.312 e. The Morgan fingerprint density at radius 2 is 1.85 bits per heavy atom. The van der Waals surface area contributed by atoms with Gasteiger partial charge < -0.3 is 9.64 Å². The fraction of sp³-hybridized carbons (Fsp3) is 0.190. The van der Waals surface area contributed by atoms with Gasteiger partial charge in [0, 0.05) is 23.2 Å². The average molecular weight is 378 g/mol. The molecule has 2 aromatic carbocycles. The van der Waals surface area contributed by atoms with Crippen molar-refractivity contribution in [3.05, 3.63) is 71.2 Å². The number of amides is 1. The molecule has 1 aromatic heterocycles. The summed E-state index contributed by atoms with van der Waals surface area (Å²) in [6.07, 6.45) is 0.893. The van der Waals surface area contributed by atoms with E-state index in [2.05, 4.69) is 4.98 Å². The lowest BCUT2D eigenvalue weighted by molar-refractivity contribution is -0.147. The summed E-state index contributed by atoms with van der Waals surface area (Å²) < 4.78 is 5.18. The SMILES string of the molecule is O=C(Cc1csc(-c2ccccc2)n1)OCC(=O)N1CCc2ccccc21. The van der Waals surface area contributed by atoms with Gasteiger partial charge in [-0.25, -0.2) is 4.98 Å². The minimum Gasteiger partial charge on any atom is -0.455 e. The van der Waals surface area contributed by atoms with E-state index in [-0.39, 0.29) is 18.9 Å². The highest BCUT2D eigenvalue weighted by Gasteiger charge is 2.24. The summed E-state index contributed by atoms with van der Waals surface area (Å²) in [7, 11) is 0. The second-order valence-corrected chi connectivity index (χ2v) is 7.13. The largest absolute Gasteiger partial charge is 0.455 e. The molecule has 3 aromatic rings. The number of hydrogen-bond donors (Lipinski definition) is 0. The van der Waals surface area contributed by atoms with Crippen LogP contribution in [0.3, 0.4) is 0 Å². The van der Waals surface area contributed by atoms with Crippen LogP contribution in [0.1, 0.15) is 11.3 Å². The monoisotopic (exact) mass is 378 g/mol. The van der Waals surface area contributed by atoms with Crippen LogP contribution in [0.2, 0.25) is 0 Å². The molecule has 4 rings (SSSR count). The number of carbonyl (C=O) groups is 2. The number of rotatable bonds is 5. The van der Waals surface area contributed by atoms with Crippen molar-refractivity contribution >= 4 is 28.9 Å². The minimum atomic E-state index is -0.444. The Kier molecular flexibility index (Phi) is 4.98. The molecular weight excluding hydrogens is 360 g/mol. The van der Waals surface area contributed by atoms with Crippen LogP contribution in [0.4, 0.5) is 5.69 Å². The van der Waals surface area contributed by atoms with Gasteiger partial charge in [0.15, 0.2) is 6.61 Å². The normalized spacial score (nSPS) is 12.7. The number of fused-ring (bicyclic) bond motifs is 1. The quantitative estimate of drug-likeness (QED) is 0.638. The molecule has 0 spiro atoms. The molecule has 5 nitrogen and oxygen atoms in total. The van der Waals surface area contributed by atoms with E-state index >= 15 is 0 Å². The van der Waals surface area contributed by atoms with Gasteiger partial charge in [0.2, 0.25) is 0 Å². The maximum absolute atomic E-state index is 12.4. The van der Waals surface area contributed by atoms with Gasteiger partial charge in [-0.05, 0) is 18.1 Å². The first kappa shape index (κ1) is 17.4. The zero-order valence-electron chi connectivity index (χ0n) is 14.6. The molecule has 6 heteroatoms. The van der Waals surface area contributed by atoms with Gasteiger partial charge in [0.1, 0.15) is 5.01 Å². The van der Waals surface area contributed by atoms with Crippen molar-refractivity contribution < 1.29 is 14.3 Å². The molecule has 2 heterocycles. The van der Waals surface area contributed by atoms with Gasteiger partial charge in [-0.1, -0.05) is 48.5 Å². The maximum atomic E-state index is 12.4. The summed E-state index contributed by atoms with van der Waals surface area (Å²) in [5.41, 5.74) is 3.73. The van der Waals surface area contributed by atoms with Crippen LogP contribution < -0.4 is 4.90 Å². The molecular formula is C21H18N2O3S. The Bertz CT molecular complexity index is 968. The predicted octanol–water partition coefficient (Wildman–Crippen LogP) is 3.49. The minimum absolute atomic E-state index is 0.0627. The Morgan fingerprint density at radius 1 is 1.07 bits per heavy atom. The summed E-state index contributed by atoms with van der Waals surface area (Å²) >= 11 is 1.49. The van der Waals surface area contributed by atoms with Gasteiger partial charge in [0.05, 0.1) is 12.1 Å². The second-order valence-electron chi connectivity index (χ2n) is 6.27. The highest BCUT2D eigenvalue weighted by atomic mass is 32.1. The molecule has 0 fully saturated rings. The van der Waals surface area contributed by atoms with E-state index in [0.717, 1.165) is 28.2 Å². The molecule has 0 N–H and O–H groups in total. The van der Waals surface area contributed by atoms with Crippen molar-refractivity contribution in [1.29, 1.82) is 0 Å². The lowest BCUT2D eigenvalue weighted by Crippen LogP contribution is -2.33. The summed E-state index contributed by atoms with van der Waals surface area (Å²) in [5.74, 6) is -0.641. The summed E-state index contributed by atoms with van der Waals surface area (Å²) in [6.45, 7) is 0.380. The number of anilines is 1. The molecule has 0 unspecified atom stereocenters. The molecule has 0 bridgehead atoms. The zero-order valence-corrected chi connectivity index (χ0v) is 15.4. The number of aromatic nitrogens is 1. The lowest BCUT2D eigenvalue weighted by atomic mass is 10.2. The number of thiazole rings is 1. The lowest BCUT2D eigenvalue weighted by Gasteiger charge is -2.17. The zero-order chi connectivity index (χ0) is 18.6. The average Bonchev–Trinajstić information content (AvgIpc) is 3.34. The fourth-order valence-electron chi connectivity index (χ4n) is 3.12. The van der Waals surface area contributed by atoms with Crippen LogP contribution in [0.5, 0.6) is 0 Å². The first-order valence-corrected chi connectivity index (χ1v) is 9.62. The second kappa shape index (κ2) is 7.72. The van der Waals surface area contributed by atoms with E-state index in [9.17, 15) is 9.59 Å². The van der Waals surface area contributed by atoms with Crippen molar-refractivity contribution in [2.45, 2.75) is 12.8 Å². The number of nitrogens with zero attached hydrogens (tertiary/aromatic N) is 2. The van der Waals surface area contributed by atoms with Crippen LogP contribution in [-0.2, 0) is 27.2 Å². The van der Waals surface area contributed by atoms with E-state index < -0.39 is 5.97 Å². The Balaban J connectivity index is 1.32.